The van der Waals surface area contributed by atoms with E-state index in [4.69, 9.17) is 0 Å². The van der Waals surface area contributed by atoms with Crippen molar-refractivity contribution in [2.24, 2.45) is 0 Å². The van der Waals surface area contributed by atoms with Gasteiger partial charge in [-0.25, -0.2) is 4.39 Å². The van der Waals surface area contributed by atoms with Crippen molar-refractivity contribution in [1.29, 1.82) is 0 Å². The maximum atomic E-state index is 13.2. The summed E-state index contributed by atoms with van der Waals surface area (Å²) < 4.78 is 14.1. The number of amides is 1. The average Bonchev–Trinajstić information content (AvgIpc) is 2.51. The topological polar surface area (TPSA) is 20.3 Å². The maximum Gasteiger partial charge on any atom is 0.253 e. The molecule has 4 heteroatoms. The lowest BCUT2D eigenvalue weighted by atomic mass is 10.1. The van der Waals surface area contributed by atoms with E-state index < -0.39 is 0 Å². The van der Waals surface area contributed by atoms with Crippen molar-refractivity contribution in [2.75, 3.05) is 13.1 Å². The third kappa shape index (κ3) is 4.67. The van der Waals surface area contributed by atoms with Gasteiger partial charge in [-0.1, -0.05) is 41.1 Å². The van der Waals surface area contributed by atoms with Gasteiger partial charge in [-0.15, -0.1) is 0 Å². The zero-order valence-electron chi connectivity index (χ0n) is 12.6. The summed E-state index contributed by atoms with van der Waals surface area (Å²) in [6.45, 7) is 3.33. The predicted octanol–water partition coefficient (Wildman–Crippen LogP) is 4.68. The number of nitrogens with zero attached hydrogens (tertiary/aromatic N) is 1. The largest absolute Gasteiger partial charge is 0.338 e. The molecule has 0 saturated heterocycles. The molecule has 0 N–H and O–H groups in total. The number of hydrogen-bond acceptors (Lipinski definition) is 1. The van der Waals surface area contributed by atoms with Gasteiger partial charge in [-0.3, -0.25) is 4.79 Å². The SMILES string of the molecule is CCCN(CCc1cccc(F)c1)C(=O)c1cccc(Br)c1. The Labute approximate surface area is 139 Å². The van der Waals surface area contributed by atoms with Gasteiger partial charge < -0.3 is 4.90 Å². The molecule has 0 aliphatic heterocycles. The van der Waals surface area contributed by atoms with Crippen molar-refractivity contribution in [3.63, 3.8) is 0 Å². The smallest absolute Gasteiger partial charge is 0.253 e. The van der Waals surface area contributed by atoms with Crippen LogP contribution >= 0.6 is 15.9 Å². The van der Waals surface area contributed by atoms with Crippen LogP contribution in [0.15, 0.2) is 53.0 Å². The molecule has 0 radical (unpaired) electrons. The maximum absolute atomic E-state index is 13.2. The quantitative estimate of drug-likeness (QED) is 0.729. The zero-order valence-corrected chi connectivity index (χ0v) is 14.1. The summed E-state index contributed by atoms with van der Waals surface area (Å²) in [5.41, 5.74) is 1.57. The monoisotopic (exact) mass is 363 g/mol. The number of rotatable bonds is 6. The van der Waals surface area contributed by atoms with Gasteiger partial charge in [0.05, 0.1) is 0 Å². The van der Waals surface area contributed by atoms with E-state index in [0.29, 0.717) is 25.1 Å². The Morgan fingerprint density at radius 1 is 1.14 bits per heavy atom. The first kappa shape index (κ1) is 16.7. The summed E-state index contributed by atoms with van der Waals surface area (Å²) in [5.74, 6) is -0.225. The molecule has 2 rings (SSSR count). The van der Waals surface area contributed by atoms with Gasteiger partial charge in [0, 0.05) is 23.1 Å². The van der Waals surface area contributed by atoms with E-state index >= 15 is 0 Å². The van der Waals surface area contributed by atoms with Crippen LogP contribution in [0.5, 0.6) is 0 Å². The van der Waals surface area contributed by atoms with Crippen molar-refractivity contribution >= 4 is 21.8 Å². The highest BCUT2D eigenvalue weighted by Crippen LogP contribution is 2.14. The Bertz CT molecular complexity index is 644. The molecule has 0 aliphatic rings. The fourth-order valence-electron chi connectivity index (χ4n) is 2.35. The van der Waals surface area contributed by atoms with Crippen LogP contribution in [0.1, 0.15) is 29.3 Å². The summed E-state index contributed by atoms with van der Waals surface area (Å²) in [6.07, 6.45) is 1.54. The minimum atomic E-state index is -0.238. The van der Waals surface area contributed by atoms with Crippen molar-refractivity contribution in [3.05, 3.63) is 69.9 Å². The first-order valence-electron chi connectivity index (χ1n) is 7.39. The summed E-state index contributed by atoms with van der Waals surface area (Å²) in [7, 11) is 0. The first-order chi connectivity index (χ1) is 10.6. The van der Waals surface area contributed by atoms with Crippen LogP contribution in [0.3, 0.4) is 0 Å². The highest BCUT2D eigenvalue weighted by molar-refractivity contribution is 9.10. The zero-order chi connectivity index (χ0) is 15.9. The molecule has 2 nitrogen and oxygen atoms in total. The van der Waals surface area contributed by atoms with Crippen molar-refractivity contribution in [3.8, 4) is 0 Å². The van der Waals surface area contributed by atoms with Gasteiger partial charge >= 0.3 is 0 Å². The highest BCUT2D eigenvalue weighted by Gasteiger charge is 2.15. The normalized spacial score (nSPS) is 10.5. The molecule has 22 heavy (non-hydrogen) atoms. The molecule has 0 aliphatic carbocycles. The van der Waals surface area contributed by atoms with E-state index in [9.17, 15) is 9.18 Å². The highest BCUT2D eigenvalue weighted by atomic mass is 79.9. The second-order valence-corrected chi connectivity index (χ2v) is 6.10. The molecule has 0 spiro atoms. The Morgan fingerprint density at radius 3 is 2.59 bits per heavy atom. The fraction of sp³-hybridized carbons (Fsp3) is 0.278. The Morgan fingerprint density at radius 2 is 1.91 bits per heavy atom. The minimum absolute atomic E-state index is 0.0135. The van der Waals surface area contributed by atoms with Gasteiger partial charge in [0.15, 0.2) is 0 Å². The third-order valence-corrected chi connectivity index (χ3v) is 3.90. The van der Waals surface area contributed by atoms with Crippen molar-refractivity contribution in [1.82, 2.24) is 4.90 Å². The van der Waals surface area contributed by atoms with E-state index in [-0.39, 0.29) is 11.7 Å². The van der Waals surface area contributed by atoms with Crippen LogP contribution in [0.2, 0.25) is 0 Å². The number of benzene rings is 2. The van der Waals surface area contributed by atoms with E-state index in [2.05, 4.69) is 15.9 Å². The molecule has 0 bridgehead atoms. The van der Waals surface area contributed by atoms with Crippen LogP contribution in [0.4, 0.5) is 4.39 Å². The molecule has 0 aromatic heterocycles. The Hall–Kier alpha value is -1.68. The molecule has 1 amide bonds. The van der Waals surface area contributed by atoms with Gasteiger partial charge in [0.1, 0.15) is 5.82 Å². The summed E-state index contributed by atoms with van der Waals surface area (Å²) in [5, 5.41) is 0. The molecule has 0 unspecified atom stereocenters. The number of carbonyl (C=O) groups excluding carboxylic acids is 1. The van der Waals surface area contributed by atoms with Crippen LogP contribution in [-0.2, 0) is 6.42 Å². The van der Waals surface area contributed by atoms with Gasteiger partial charge in [0.25, 0.3) is 5.91 Å². The second-order valence-electron chi connectivity index (χ2n) is 5.18. The van der Waals surface area contributed by atoms with E-state index in [1.54, 1.807) is 6.07 Å². The Kier molecular flexibility index (Phi) is 6.13. The molecule has 2 aromatic carbocycles. The second kappa shape index (κ2) is 8.08. The van der Waals surface area contributed by atoms with Crippen molar-refractivity contribution in [2.45, 2.75) is 19.8 Å². The van der Waals surface area contributed by atoms with E-state index in [1.807, 2.05) is 42.2 Å². The number of halogens is 2. The summed E-state index contributed by atoms with van der Waals surface area (Å²) in [6, 6.07) is 13.9. The lowest BCUT2D eigenvalue weighted by Crippen LogP contribution is -2.33. The van der Waals surface area contributed by atoms with Crippen LogP contribution < -0.4 is 0 Å². The van der Waals surface area contributed by atoms with Gasteiger partial charge in [0.2, 0.25) is 0 Å². The standard InChI is InChI=1S/C18H19BrFNO/c1-2-10-21(11-9-14-5-3-8-17(20)12-14)18(22)15-6-4-7-16(19)13-15/h3-8,12-13H,2,9-11H2,1H3. The molecule has 0 fully saturated rings. The Balaban J connectivity index is 2.07. The average molecular weight is 364 g/mol. The minimum Gasteiger partial charge on any atom is -0.338 e. The summed E-state index contributed by atoms with van der Waals surface area (Å²) >= 11 is 3.39. The molecule has 116 valence electrons. The van der Waals surface area contributed by atoms with Crippen LogP contribution in [-0.4, -0.2) is 23.9 Å². The fourth-order valence-corrected chi connectivity index (χ4v) is 2.74. The molecular weight excluding hydrogens is 345 g/mol. The molecule has 0 saturated carbocycles. The lowest BCUT2D eigenvalue weighted by molar-refractivity contribution is 0.0757. The predicted molar refractivity (Wildman–Crippen MR) is 90.4 cm³/mol. The van der Waals surface area contributed by atoms with Crippen molar-refractivity contribution < 1.29 is 9.18 Å². The molecular formula is C18H19BrFNO. The molecule has 0 heterocycles. The number of hydrogen-bond donors (Lipinski definition) is 0. The lowest BCUT2D eigenvalue weighted by Gasteiger charge is -2.22. The number of carbonyl (C=O) groups is 1. The summed E-state index contributed by atoms with van der Waals surface area (Å²) in [4.78, 5) is 14.4. The third-order valence-electron chi connectivity index (χ3n) is 3.41. The first-order valence-corrected chi connectivity index (χ1v) is 8.18. The van der Waals surface area contributed by atoms with E-state index in [0.717, 1.165) is 16.5 Å². The van der Waals surface area contributed by atoms with Crippen LogP contribution in [0, 0.1) is 5.82 Å². The van der Waals surface area contributed by atoms with Gasteiger partial charge in [-0.05, 0) is 48.7 Å². The van der Waals surface area contributed by atoms with E-state index in [1.165, 1.54) is 12.1 Å². The molecule has 2 aromatic rings. The van der Waals surface area contributed by atoms with Crippen LogP contribution in [0.25, 0.3) is 0 Å². The van der Waals surface area contributed by atoms with Gasteiger partial charge in [-0.2, -0.15) is 0 Å². The molecule has 0 atom stereocenters.